The van der Waals surface area contributed by atoms with Gasteiger partial charge in [-0.2, -0.15) is 10.2 Å². The van der Waals surface area contributed by atoms with Crippen molar-refractivity contribution in [2.75, 3.05) is 20.2 Å². The van der Waals surface area contributed by atoms with Crippen LogP contribution < -0.4 is 10.1 Å². The van der Waals surface area contributed by atoms with Crippen molar-refractivity contribution in [3.8, 4) is 17.0 Å². The molecular weight excluding hydrogens is 386 g/mol. The van der Waals surface area contributed by atoms with Crippen LogP contribution in [0.2, 0.25) is 5.02 Å². The molecule has 6 heteroatoms. The zero-order valence-electron chi connectivity index (χ0n) is 16.8. The fraction of sp³-hybridized carbons (Fsp3) is 0.261. The zero-order valence-corrected chi connectivity index (χ0v) is 17.6. The molecule has 0 amide bonds. The molecule has 0 aliphatic heterocycles. The molecule has 1 aromatic heterocycles. The van der Waals surface area contributed by atoms with Gasteiger partial charge >= 0.3 is 0 Å². The van der Waals surface area contributed by atoms with E-state index in [1.165, 1.54) is 0 Å². The zero-order chi connectivity index (χ0) is 20.8. The Balaban J connectivity index is 1.83. The Morgan fingerprint density at radius 3 is 2.48 bits per heavy atom. The van der Waals surface area contributed by atoms with Gasteiger partial charge in [0, 0.05) is 12.1 Å². The highest BCUT2D eigenvalue weighted by Crippen LogP contribution is 2.34. The molecule has 1 heterocycles. The minimum absolute atomic E-state index is 0.444. The molecule has 29 heavy (non-hydrogen) atoms. The first-order chi connectivity index (χ1) is 14.0. The van der Waals surface area contributed by atoms with Crippen molar-refractivity contribution >= 4 is 17.9 Å². The van der Waals surface area contributed by atoms with Gasteiger partial charge < -0.3 is 10.1 Å². The van der Waals surface area contributed by atoms with E-state index in [0.717, 1.165) is 39.9 Å². The van der Waals surface area contributed by atoms with Gasteiger partial charge in [0.25, 0.3) is 0 Å². The van der Waals surface area contributed by atoms with Crippen molar-refractivity contribution in [1.29, 1.82) is 0 Å². The molecule has 2 aromatic carbocycles. The predicted octanol–water partition coefficient (Wildman–Crippen LogP) is 4.42. The standard InChI is InChI=1S/C23H24ClN3O2/c1-15-4-9-21(27-26-15)18-7-5-17(6-8-18)12-19-13-20(14-28)23(22(24)16(19)2)29-11-10-25-3/h4-9,13-14,25H,10-12H2,1-3H3. The van der Waals surface area contributed by atoms with Gasteiger partial charge in [-0.05, 0) is 62.2 Å². The molecule has 0 saturated carbocycles. The summed E-state index contributed by atoms with van der Waals surface area (Å²) in [4.78, 5) is 11.6. The van der Waals surface area contributed by atoms with Crippen molar-refractivity contribution < 1.29 is 9.53 Å². The summed E-state index contributed by atoms with van der Waals surface area (Å²) >= 11 is 6.53. The number of likely N-dealkylation sites (N-methyl/N-ethyl adjacent to an activating group) is 1. The minimum atomic E-state index is 0.444. The van der Waals surface area contributed by atoms with Crippen molar-refractivity contribution in [1.82, 2.24) is 15.5 Å². The number of aromatic nitrogens is 2. The third-order valence-corrected chi connectivity index (χ3v) is 5.22. The summed E-state index contributed by atoms with van der Waals surface area (Å²) in [6.07, 6.45) is 1.46. The molecule has 5 nitrogen and oxygen atoms in total. The number of nitrogens with one attached hydrogen (secondary N) is 1. The molecule has 0 atom stereocenters. The summed E-state index contributed by atoms with van der Waals surface area (Å²) in [5.74, 6) is 0.450. The average molecular weight is 410 g/mol. The number of carbonyl (C=O) groups excluding carboxylic acids is 1. The predicted molar refractivity (Wildman–Crippen MR) is 116 cm³/mol. The van der Waals surface area contributed by atoms with Crippen LogP contribution >= 0.6 is 11.6 Å². The Morgan fingerprint density at radius 2 is 1.86 bits per heavy atom. The molecular formula is C23H24ClN3O2. The molecule has 0 radical (unpaired) electrons. The molecule has 0 saturated heterocycles. The highest BCUT2D eigenvalue weighted by Gasteiger charge is 2.16. The maximum Gasteiger partial charge on any atom is 0.153 e. The van der Waals surface area contributed by atoms with Crippen LogP contribution in [-0.2, 0) is 6.42 Å². The van der Waals surface area contributed by atoms with Crippen molar-refractivity contribution in [2.45, 2.75) is 20.3 Å². The van der Waals surface area contributed by atoms with Gasteiger partial charge in [-0.15, -0.1) is 0 Å². The SMILES string of the molecule is CNCCOc1c(C=O)cc(Cc2ccc(-c3ccc(C)nn3)cc2)c(C)c1Cl. The van der Waals surface area contributed by atoms with E-state index in [0.29, 0.717) is 35.9 Å². The first-order valence-corrected chi connectivity index (χ1v) is 9.85. The van der Waals surface area contributed by atoms with E-state index >= 15 is 0 Å². The number of ether oxygens (including phenoxy) is 1. The van der Waals surface area contributed by atoms with E-state index in [1.54, 1.807) is 0 Å². The Morgan fingerprint density at radius 1 is 1.10 bits per heavy atom. The van der Waals surface area contributed by atoms with E-state index in [-0.39, 0.29) is 0 Å². The lowest BCUT2D eigenvalue weighted by molar-refractivity contribution is 0.111. The lowest BCUT2D eigenvalue weighted by Crippen LogP contribution is -2.17. The molecule has 3 rings (SSSR count). The molecule has 0 unspecified atom stereocenters. The molecule has 0 aliphatic carbocycles. The van der Waals surface area contributed by atoms with Gasteiger partial charge in [-0.3, -0.25) is 4.79 Å². The Labute approximate surface area is 176 Å². The largest absolute Gasteiger partial charge is 0.490 e. The van der Waals surface area contributed by atoms with Crippen LogP contribution in [-0.4, -0.2) is 36.7 Å². The Bertz CT molecular complexity index is 986. The molecule has 3 aromatic rings. The maximum atomic E-state index is 11.6. The fourth-order valence-corrected chi connectivity index (χ4v) is 3.32. The molecule has 150 valence electrons. The second kappa shape index (κ2) is 9.63. The molecule has 0 spiro atoms. The molecule has 0 fully saturated rings. The monoisotopic (exact) mass is 409 g/mol. The van der Waals surface area contributed by atoms with Gasteiger partial charge in [0.2, 0.25) is 0 Å². The first kappa shape index (κ1) is 21.0. The lowest BCUT2D eigenvalue weighted by atomic mass is 9.97. The van der Waals surface area contributed by atoms with E-state index < -0.39 is 0 Å². The summed E-state index contributed by atoms with van der Waals surface area (Å²) in [5.41, 5.74) is 6.26. The van der Waals surface area contributed by atoms with E-state index in [1.807, 2.05) is 51.2 Å². The topological polar surface area (TPSA) is 64.1 Å². The third kappa shape index (κ3) is 5.00. The molecule has 0 bridgehead atoms. The van der Waals surface area contributed by atoms with E-state index in [4.69, 9.17) is 16.3 Å². The quantitative estimate of drug-likeness (QED) is 0.441. The number of halogens is 1. The van der Waals surface area contributed by atoms with Crippen molar-refractivity contribution in [3.63, 3.8) is 0 Å². The number of carbonyl (C=O) groups is 1. The van der Waals surface area contributed by atoms with Crippen LogP contribution in [0.5, 0.6) is 5.75 Å². The molecule has 1 N–H and O–H groups in total. The summed E-state index contributed by atoms with van der Waals surface area (Å²) < 4.78 is 5.72. The van der Waals surface area contributed by atoms with Gasteiger partial charge in [0.05, 0.1) is 22.0 Å². The summed E-state index contributed by atoms with van der Waals surface area (Å²) in [6, 6.07) is 13.9. The summed E-state index contributed by atoms with van der Waals surface area (Å²) in [7, 11) is 1.84. The van der Waals surface area contributed by atoms with E-state index in [9.17, 15) is 4.79 Å². The number of aryl methyl sites for hydroxylation is 1. The molecule has 0 aliphatic rings. The minimum Gasteiger partial charge on any atom is -0.490 e. The Hall–Kier alpha value is -2.76. The van der Waals surface area contributed by atoms with Gasteiger partial charge in [-0.25, -0.2) is 0 Å². The van der Waals surface area contributed by atoms with Gasteiger partial charge in [-0.1, -0.05) is 35.9 Å². The van der Waals surface area contributed by atoms with Gasteiger partial charge in [0.15, 0.2) is 6.29 Å². The van der Waals surface area contributed by atoms with E-state index in [2.05, 4.69) is 27.6 Å². The first-order valence-electron chi connectivity index (χ1n) is 9.47. The highest BCUT2D eigenvalue weighted by molar-refractivity contribution is 6.33. The van der Waals surface area contributed by atoms with Crippen molar-refractivity contribution in [2.24, 2.45) is 0 Å². The second-order valence-corrected chi connectivity index (χ2v) is 7.27. The van der Waals surface area contributed by atoms with Crippen molar-refractivity contribution in [3.05, 3.63) is 75.4 Å². The average Bonchev–Trinajstić information content (AvgIpc) is 2.74. The normalized spacial score (nSPS) is 10.8. The van der Waals surface area contributed by atoms with Crippen LogP contribution in [0, 0.1) is 13.8 Å². The number of hydrogen-bond acceptors (Lipinski definition) is 5. The highest BCUT2D eigenvalue weighted by atomic mass is 35.5. The van der Waals surface area contributed by atoms with Gasteiger partial charge in [0.1, 0.15) is 12.4 Å². The van der Waals surface area contributed by atoms with Crippen LogP contribution in [0.25, 0.3) is 11.3 Å². The summed E-state index contributed by atoms with van der Waals surface area (Å²) in [6.45, 7) is 4.98. The maximum absolute atomic E-state index is 11.6. The third-order valence-electron chi connectivity index (χ3n) is 4.77. The smallest absolute Gasteiger partial charge is 0.153 e. The van der Waals surface area contributed by atoms with Crippen LogP contribution in [0.15, 0.2) is 42.5 Å². The number of hydrogen-bond donors (Lipinski definition) is 1. The number of nitrogens with zero attached hydrogens (tertiary/aromatic N) is 2. The second-order valence-electron chi connectivity index (χ2n) is 6.90. The fourth-order valence-electron chi connectivity index (χ4n) is 3.04. The van der Waals surface area contributed by atoms with Crippen LogP contribution in [0.4, 0.5) is 0 Å². The number of rotatable bonds is 8. The lowest BCUT2D eigenvalue weighted by Gasteiger charge is -2.16. The summed E-state index contributed by atoms with van der Waals surface area (Å²) in [5, 5.41) is 11.8. The Kier molecular flexibility index (Phi) is 6.96. The van der Waals surface area contributed by atoms with Crippen LogP contribution in [0.3, 0.4) is 0 Å². The number of aldehydes is 1. The number of benzene rings is 2. The van der Waals surface area contributed by atoms with Crippen LogP contribution in [0.1, 0.15) is 32.7 Å².